The van der Waals surface area contributed by atoms with Gasteiger partial charge in [-0.2, -0.15) is 0 Å². The number of para-hydroxylation sites is 2. The van der Waals surface area contributed by atoms with E-state index in [4.69, 9.17) is 9.47 Å². The number of carbonyl (C=O) groups is 2. The van der Waals surface area contributed by atoms with Crippen molar-refractivity contribution in [2.24, 2.45) is 5.92 Å². The largest absolute Gasteiger partial charge is 0.497 e. The number of anilines is 1. The van der Waals surface area contributed by atoms with Crippen molar-refractivity contribution >= 4 is 39.3 Å². The van der Waals surface area contributed by atoms with Crippen LogP contribution < -0.4 is 14.4 Å². The van der Waals surface area contributed by atoms with Gasteiger partial charge >= 0.3 is 0 Å². The van der Waals surface area contributed by atoms with Crippen molar-refractivity contribution < 1.29 is 19.1 Å². The average molecular weight is 563 g/mol. The van der Waals surface area contributed by atoms with E-state index >= 15 is 0 Å². The number of amides is 2. The van der Waals surface area contributed by atoms with Gasteiger partial charge in [0, 0.05) is 71.7 Å². The molecule has 4 heterocycles. The van der Waals surface area contributed by atoms with Gasteiger partial charge in [0.1, 0.15) is 11.5 Å². The Kier molecular flexibility index (Phi) is 6.41. The molecule has 8 nitrogen and oxygen atoms in total. The van der Waals surface area contributed by atoms with E-state index in [0.717, 1.165) is 23.9 Å². The molecule has 0 radical (unpaired) electrons. The standard InChI is InChI=1S/C34H34N4O4/c1-41-23-11-12-31(42-2)30(18-23)38-21-22(17-32(38)39)33(40)37-15-13-34(14-16-37,26-19-35-28-9-5-3-7-24(26)28)27-20-36-29-10-6-4-8-25(27)29/h3-12,18-20,22,35-36H,13-17,21H2,1-2H3/t22-/m1/s1. The van der Waals surface area contributed by atoms with E-state index in [1.165, 1.54) is 21.9 Å². The normalized spacial score (nSPS) is 18.6. The van der Waals surface area contributed by atoms with Crippen LogP contribution in [-0.4, -0.2) is 60.5 Å². The number of piperidine rings is 1. The molecule has 2 amide bonds. The van der Waals surface area contributed by atoms with Crippen molar-refractivity contribution in [1.29, 1.82) is 0 Å². The van der Waals surface area contributed by atoms with Gasteiger partial charge in [-0.25, -0.2) is 0 Å². The maximum absolute atomic E-state index is 13.9. The first-order chi connectivity index (χ1) is 20.5. The second kappa shape index (κ2) is 10.3. The maximum atomic E-state index is 13.9. The van der Waals surface area contributed by atoms with Gasteiger partial charge in [-0.1, -0.05) is 36.4 Å². The highest BCUT2D eigenvalue weighted by Gasteiger charge is 2.44. The van der Waals surface area contributed by atoms with Crippen molar-refractivity contribution in [3.05, 3.63) is 90.3 Å². The van der Waals surface area contributed by atoms with Crippen LogP contribution in [0.1, 0.15) is 30.4 Å². The quantitative estimate of drug-likeness (QED) is 0.281. The Morgan fingerprint density at radius 1 is 0.857 bits per heavy atom. The fourth-order valence-electron chi connectivity index (χ4n) is 7.10. The zero-order valence-electron chi connectivity index (χ0n) is 23.9. The van der Waals surface area contributed by atoms with Gasteiger partial charge in [0.05, 0.1) is 25.8 Å². The Hall–Kier alpha value is -4.72. The van der Waals surface area contributed by atoms with Crippen LogP contribution in [0.3, 0.4) is 0 Å². The predicted molar refractivity (Wildman–Crippen MR) is 163 cm³/mol. The number of benzene rings is 3. The van der Waals surface area contributed by atoms with Gasteiger partial charge in [-0.3, -0.25) is 9.59 Å². The molecule has 214 valence electrons. The zero-order chi connectivity index (χ0) is 28.8. The Morgan fingerprint density at radius 3 is 2.07 bits per heavy atom. The molecular formula is C34H34N4O4. The summed E-state index contributed by atoms with van der Waals surface area (Å²) >= 11 is 0. The fraction of sp³-hybridized carbons (Fsp3) is 0.294. The van der Waals surface area contributed by atoms with Gasteiger partial charge in [0.15, 0.2) is 0 Å². The molecule has 2 saturated heterocycles. The summed E-state index contributed by atoms with van der Waals surface area (Å²) in [6.45, 7) is 1.56. The minimum absolute atomic E-state index is 0.0409. The summed E-state index contributed by atoms with van der Waals surface area (Å²) in [5, 5.41) is 2.43. The van der Waals surface area contributed by atoms with Crippen LogP contribution in [0.25, 0.3) is 21.8 Å². The smallest absolute Gasteiger partial charge is 0.228 e. The molecule has 3 aromatic carbocycles. The van der Waals surface area contributed by atoms with Crippen LogP contribution in [0.4, 0.5) is 5.69 Å². The first-order valence-electron chi connectivity index (χ1n) is 14.5. The average Bonchev–Trinajstić information content (AvgIpc) is 3.77. The van der Waals surface area contributed by atoms with E-state index in [0.29, 0.717) is 36.8 Å². The van der Waals surface area contributed by atoms with Crippen molar-refractivity contribution in [2.45, 2.75) is 24.7 Å². The van der Waals surface area contributed by atoms with Crippen LogP contribution in [0.2, 0.25) is 0 Å². The monoisotopic (exact) mass is 562 g/mol. The van der Waals surface area contributed by atoms with Crippen LogP contribution >= 0.6 is 0 Å². The van der Waals surface area contributed by atoms with Crippen LogP contribution in [0.15, 0.2) is 79.1 Å². The van der Waals surface area contributed by atoms with Crippen molar-refractivity contribution in [3.8, 4) is 11.5 Å². The first kappa shape index (κ1) is 26.2. The van der Waals surface area contributed by atoms with Crippen molar-refractivity contribution in [1.82, 2.24) is 14.9 Å². The third kappa shape index (κ3) is 4.12. The molecule has 5 aromatic rings. The van der Waals surface area contributed by atoms with Crippen LogP contribution in [0.5, 0.6) is 11.5 Å². The highest BCUT2D eigenvalue weighted by molar-refractivity contribution is 6.01. The number of carbonyl (C=O) groups excluding carboxylic acids is 2. The molecule has 0 aliphatic carbocycles. The van der Waals surface area contributed by atoms with Gasteiger partial charge in [-0.05, 0) is 48.2 Å². The van der Waals surface area contributed by atoms with Crippen molar-refractivity contribution in [2.75, 3.05) is 38.8 Å². The summed E-state index contributed by atoms with van der Waals surface area (Å²) in [6, 6.07) is 22.2. The Balaban J connectivity index is 1.17. The number of ether oxygens (including phenoxy) is 2. The highest BCUT2D eigenvalue weighted by Crippen LogP contribution is 2.47. The Bertz CT molecular complexity index is 1720. The maximum Gasteiger partial charge on any atom is 0.228 e. The zero-order valence-corrected chi connectivity index (χ0v) is 23.9. The van der Waals surface area contributed by atoms with E-state index in [1.807, 2.05) is 4.90 Å². The summed E-state index contributed by atoms with van der Waals surface area (Å²) in [7, 11) is 3.17. The second-order valence-corrected chi connectivity index (χ2v) is 11.3. The topological polar surface area (TPSA) is 90.7 Å². The molecule has 0 spiro atoms. The number of aromatic amines is 2. The number of fused-ring (bicyclic) bond motifs is 2. The number of nitrogens with one attached hydrogen (secondary N) is 2. The number of likely N-dealkylation sites (tertiary alicyclic amines) is 1. The number of H-pyrrole nitrogens is 2. The molecule has 0 saturated carbocycles. The number of nitrogens with zero attached hydrogens (tertiary/aromatic N) is 2. The molecule has 42 heavy (non-hydrogen) atoms. The summed E-state index contributed by atoms with van der Waals surface area (Å²) in [5.74, 6) is 0.776. The predicted octanol–water partition coefficient (Wildman–Crippen LogP) is 5.63. The number of hydrogen-bond donors (Lipinski definition) is 2. The molecule has 8 heteroatoms. The molecule has 0 bridgehead atoms. The lowest BCUT2D eigenvalue weighted by Gasteiger charge is -2.43. The molecule has 2 N–H and O–H groups in total. The van der Waals surface area contributed by atoms with E-state index in [-0.39, 0.29) is 23.7 Å². The van der Waals surface area contributed by atoms with Crippen LogP contribution in [0, 0.1) is 5.92 Å². The summed E-state index contributed by atoms with van der Waals surface area (Å²) < 4.78 is 10.9. The lowest BCUT2D eigenvalue weighted by molar-refractivity contribution is -0.137. The third-order valence-corrected chi connectivity index (χ3v) is 9.29. The molecule has 2 fully saturated rings. The summed E-state index contributed by atoms with van der Waals surface area (Å²) in [4.78, 5) is 37.6. The lowest BCUT2D eigenvalue weighted by Crippen LogP contribution is -2.47. The molecule has 2 aliphatic heterocycles. The van der Waals surface area contributed by atoms with E-state index in [2.05, 4.69) is 70.9 Å². The van der Waals surface area contributed by atoms with Gasteiger partial charge < -0.3 is 29.2 Å². The molecule has 2 aliphatic rings. The summed E-state index contributed by atoms with van der Waals surface area (Å²) in [6.07, 6.45) is 6.07. The van der Waals surface area contributed by atoms with E-state index in [1.54, 1.807) is 37.3 Å². The van der Waals surface area contributed by atoms with E-state index < -0.39 is 5.92 Å². The minimum atomic E-state index is -0.401. The molecular weight excluding hydrogens is 528 g/mol. The first-order valence-corrected chi connectivity index (χ1v) is 14.5. The third-order valence-electron chi connectivity index (χ3n) is 9.29. The Morgan fingerprint density at radius 2 is 1.48 bits per heavy atom. The molecule has 1 atom stereocenters. The SMILES string of the molecule is COc1ccc(OC)c(N2C[C@H](C(=O)N3CCC(c4c[nH]c5ccccc45)(c4c[nH]c5ccccc45)CC3)CC2=O)c1. The van der Waals surface area contributed by atoms with Crippen molar-refractivity contribution in [3.63, 3.8) is 0 Å². The summed E-state index contributed by atoms with van der Waals surface area (Å²) in [5.41, 5.74) is 5.13. The van der Waals surface area contributed by atoms with Gasteiger partial charge in [0.2, 0.25) is 11.8 Å². The minimum Gasteiger partial charge on any atom is -0.497 e. The second-order valence-electron chi connectivity index (χ2n) is 11.3. The van der Waals surface area contributed by atoms with Crippen LogP contribution in [-0.2, 0) is 15.0 Å². The number of rotatable bonds is 6. The molecule has 2 aromatic heterocycles. The Labute approximate surface area is 244 Å². The van der Waals surface area contributed by atoms with E-state index in [9.17, 15) is 9.59 Å². The number of hydrogen-bond acceptors (Lipinski definition) is 4. The van der Waals surface area contributed by atoms with Gasteiger partial charge in [0.25, 0.3) is 0 Å². The fourth-order valence-corrected chi connectivity index (χ4v) is 7.10. The number of methoxy groups -OCH3 is 2. The molecule has 0 unspecified atom stereocenters. The number of aromatic nitrogens is 2. The van der Waals surface area contributed by atoms with Gasteiger partial charge in [-0.15, -0.1) is 0 Å². The highest BCUT2D eigenvalue weighted by atomic mass is 16.5. The lowest BCUT2D eigenvalue weighted by atomic mass is 9.67. The molecule has 7 rings (SSSR count).